The molecule has 0 bridgehead atoms. The van der Waals surface area contributed by atoms with Gasteiger partial charge in [0, 0.05) is 6.42 Å². The first-order valence-corrected chi connectivity index (χ1v) is 7.43. The molecule has 0 aliphatic heterocycles. The van der Waals surface area contributed by atoms with Crippen LogP contribution in [-0.4, -0.2) is 19.1 Å². The fourth-order valence-corrected chi connectivity index (χ4v) is 1.84. The first kappa shape index (κ1) is 16.5. The van der Waals surface area contributed by atoms with Crippen LogP contribution in [0.25, 0.3) is 0 Å². The van der Waals surface area contributed by atoms with E-state index < -0.39 is 0 Å². The maximum Gasteiger partial charge on any atom is 0.220 e. The fourth-order valence-electron chi connectivity index (χ4n) is 1.84. The summed E-state index contributed by atoms with van der Waals surface area (Å²) < 4.78 is 5.68. The monoisotopic (exact) mass is 277 g/mol. The Bertz CT molecular complexity index is 421. The van der Waals surface area contributed by atoms with Gasteiger partial charge >= 0.3 is 0 Å². The van der Waals surface area contributed by atoms with Crippen molar-refractivity contribution < 1.29 is 9.53 Å². The number of hydrogen-bond donors (Lipinski definition) is 1. The molecule has 1 amide bonds. The SMILES string of the molecule is CCCCC(=O)NCCOc1cccc(C(C)(C)C)c1. The Morgan fingerprint density at radius 3 is 2.70 bits per heavy atom. The van der Waals surface area contributed by atoms with Gasteiger partial charge in [0.15, 0.2) is 0 Å². The number of nitrogens with one attached hydrogen (secondary N) is 1. The fraction of sp³-hybridized carbons (Fsp3) is 0.588. The minimum atomic E-state index is 0.110. The molecule has 0 aromatic heterocycles. The van der Waals surface area contributed by atoms with Gasteiger partial charge in [-0.3, -0.25) is 4.79 Å². The molecular formula is C17H27NO2. The topological polar surface area (TPSA) is 38.3 Å². The van der Waals surface area contributed by atoms with E-state index in [2.05, 4.69) is 45.1 Å². The molecule has 0 heterocycles. The molecule has 0 fully saturated rings. The first-order chi connectivity index (χ1) is 9.43. The zero-order valence-corrected chi connectivity index (χ0v) is 13.2. The van der Waals surface area contributed by atoms with Gasteiger partial charge in [-0.05, 0) is 29.5 Å². The van der Waals surface area contributed by atoms with E-state index in [0.29, 0.717) is 19.6 Å². The quantitative estimate of drug-likeness (QED) is 0.772. The summed E-state index contributed by atoms with van der Waals surface area (Å²) in [5.41, 5.74) is 1.37. The number of hydrogen-bond acceptors (Lipinski definition) is 2. The highest BCUT2D eigenvalue weighted by Gasteiger charge is 2.13. The van der Waals surface area contributed by atoms with Crippen molar-refractivity contribution in [2.75, 3.05) is 13.2 Å². The maximum atomic E-state index is 11.4. The minimum Gasteiger partial charge on any atom is -0.492 e. The summed E-state index contributed by atoms with van der Waals surface area (Å²) in [6.07, 6.45) is 2.60. The summed E-state index contributed by atoms with van der Waals surface area (Å²) in [5, 5.41) is 2.87. The second kappa shape index (κ2) is 7.93. The van der Waals surface area contributed by atoms with Gasteiger partial charge in [0.2, 0.25) is 5.91 Å². The highest BCUT2D eigenvalue weighted by Crippen LogP contribution is 2.25. The van der Waals surface area contributed by atoms with Crippen molar-refractivity contribution in [3.63, 3.8) is 0 Å². The molecular weight excluding hydrogens is 250 g/mol. The molecule has 0 radical (unpaired) electrons. The molecule has 1 rings (SSSR count). The van der Waals surface area contributed by atoms with Crippen molar-refractivity contribution in [1.82, 2.24) is 5.32 Å². The van der Waals surface area contributed by atoms with Crippen LogP contribution in [0.1, 0.15) is 52.5 Å². The highest BCUT2D eigenvalue weighted by molar-refractivity contribution is 5.75. The number of benzene rings is 1. The molecule has 0 atom stereocenters. The van der Waals surface area contributed by atoms with E-state index in [1.165, 1.54) is 5.56 Å². The van der Waals surface area contributed by atoms with Crippen molar-refractivity contribution in [1.29, 1.82) is 0 Å². The van der Waals surface area contributed by atoms with Gasteiger partial charge < -0.3 is 10.1 Å². The Morgan fingerprint density at radius 1 is 1.30 bits per heavy atom. The molecule has 0 unspecified atom stereocenters. The molecule has 3 heteroatoms. The number of ether oxygens (including phenoxy) is 1. The third-order valence-electron chi connectivity index (χ3n) is 3.15. The molecule has 0 saturated heterocycles. The summed E-state index contributed by atoms with van der Waals surface area (Å²) in [6, 6.07) is 8.14. The summed E-state index contributed by atoms with van der Waals surface area (Å²) in [5.74, 6) is 0.971. The van der Waals surface area contributed by atoms with Crippen LogP contribution in [0.3, 0.4) is 0 Å². The minimum absolute atomic E-state index is 0.110. The van der Waals surface area contributed by atoms with Crippen molar-refractivity contribution in [2.24, 2.45) is 0 Å². The summed E-state index contributed by atoms with van der Waals surface area (Å²) in [4.78, 5) is 11.4. The Hall–Kier alpha value is -1.51. The average molecular weight is 277 g/mol. The molecule has 0 aliphatic rings. The predicted octanol–water partition coefficient (Wildman–Crippen LogP) is 3.67. The molecule has 0 spiro atoms. The second-order valence-corrected chi connectivity index (χ2v) is 6.08. The first-order valence-electron chi connectivity index (χ1n) is 7.43. The summed E-state index contributed by atoms with van der Waals surface area (Å²) >= 11 is 0. The molecule has 1 aromatic rings. The Kier molecular flexibility index (Phi) is 6.56. The molecule has 3 nitrogen and oxygen atoms in total. The largest absolute Gasteiger partial charge is 0.492 e. The van der Waals surface area contributed by atoms with Crippen LogP contribution < -0.4 is 10.1 Å². The van der Waals surface area contributed by atoms with Gasteiger partial charge in [-0.15, -0.1) is 0 Å². The lowest BCUT2D eigenvalue weighted by atomic mass is 9.87. The maximum absolute atomic E-state index is 11.4. The zero-order valence-electron chi connectivity index (χ0n) is 13.2. The second-order valence-electron chi connectivity index (χ2n) is 6.08. The Balaban J connectivity index is 2.34. The van der Waals surface area contributed by atoms with Crippen LogP contribution in [-0.2, 0) is 10.2 Å². The third-order valence-corrected chi connectivity index (χ3v) is 3.15. The van der Waals surface area contributed by atoms with E-state index in [1.54, 1.807) is 0 Å². The Morgan fingerprint density at radius 2 is 2.05 bits per heavy atom. The number of rotatable bonds is 7. The molecule has 1 N–H and O–H groups in total. The van der Waals surface area contributed by atoms with E-state index in [-0.39, 0.29) is 11.3 Å². The van der Waals surface area contributed by atoms with E-state index in [9.17, 15) is 4.79 Å². The van der Waals surface area contributed by atoms with Crippen molar-refractivity contribution in [2.45, 2.75) is 52.4 Å². The normalized spacial score (nSPS) is 11.2. The van der Waals surface area contributed by atoms with Crippen molar-refractivity contribution >= 4 is 5.91 Å². The van der Waals surface area contributed by atoms with Gasteiger partial charge in [0.05, 0.1) is 6.54 Å². The lowest BCUT2D eigenvalue weighted by Crippen LogP contribution is -2.27. The number of unbranched alkanes of at least 4 members (excludes halogenated alkanes) is 1. The van der Waals surface area contributed by atoms with Crippen LogP contribution in [0.5, 0.6) is 5.75 Å². The molecule has 0 saturated carbocycles. The predicted molar refractivity (Wildman–Crippen MR) is 83.2 cm³/mol. The smallest absolute Gasteiger partial charge is 0.220 e. The molecule has 112 valence electrons. The zero-order chi connectivity index (χ0) is 15.0. The van der Waals surface area contributed by atoms with Gasteiger partial charge in [0.25, 0.3) is 0 Å². The van der Waals surface area contributed by atoms with Gasteiger partial charge in [-0.1, -0.05) is 46.2 Å². The molecule has 20 heavy (non-hydrogen) atoms. The van der Waals surface area contributed by atoms with Crippen LogP contribution in [0.15, 0.2) is 24.3 Å². The van der Waals surface area contributed by atoms with Crippen molar-refractivity contribution in [3.8, 4) is 5.75 Å². The van der Waals surface area contributed by atoms with Crippen molar-refractivity contribution in [3.05, 3.63) is 29.8 Å². The van der Waals surface area contributed by atoms with Crippen LogP contribution >= 0.6 is 0 Å². The summed E-state index contributed by atoms with van der Waals surface area (Å²) in [6.45, 7) is 9.69. The molecule has 0 aliphatic carbocycles. The van der Waals surface area contributed by atoms with E-state index >= 15 is 0 Å². The van der Waals surface area contributed by atoms with Gasteiger partial charge in [0.1, 0.15) is 12.4 Å². The number of carbonyl (C=O) groups is 1. The number of carbonyl (C=O) groups excluding carboxylic acids is 1. The van der Waals surface area contributed by atoms with E-state index in [4.69, 9.17) is 4.74 Å². The van der Waals surface area contributed by atoms with Crippen LogP contribution in [0, 0.1) is 0 Å². The lowest BCUT2D eigenvalue weighted by Gasteiger charge is -2.19. The Labute approximate surface area is 122 Å². The van der Waals surface area contributed by atoms with Gasteiger partial charge in [-0.2, -0.15) is 0 Å². The van der Waals surface area contributed by atoms with Crippen LogP contribution in [0.2, 0.25) is 0 Å². The number of amides is 1. The van der Waals surface area contributed by atoms with E-state index in [0.717, 1.165) is 18.6 Å². The molecule has 1 aromatic carbocycles. The standard InChI is InChI=1S/C17H27NO2/c1-5-6-10-16(19)18-11-12-20-15-9-7-8-14(13-15)17(2,3)4/h7-9,13H,5-6,10-12H2,1-4H3,(H,18,19). The third kappa shape index (κ3) is 6.09. The van der Waals surface area contributed by atoms with E-state index in [1.807, 2.05) is 12.1 Å². The van der Waals surface area contributed by atoms with Gasteiger partial charge in [-0.25, -0.2) is 0 Å². The summed E-state index contributed by atoms with van der Waals surface area (Å²) in [7, 11) is 0. The highest BCUT2D eigenvalue weighted by atomic mass is 16.5. The van der Waals surface area contributed by atoms with Crippen LogP contribution in [0.4, 0.5) is 0 Å². The average Bonchev–Trinajstić information content (AvgIpc) is 2.41. The lowest BCUT2D eigenvalue weighted by molar-refractivity contribution is -0.121.